The van der Waals surface area contributed by atoms with Gasteiger partial charge in [0.1, 0.15) is 11.6 Å². The van der Waals surface area contributed by atoms with Gasteiger partial charge in [0, 0.05) is 24.7 Å². The molecule has 28 heavy (non-hydrogen) atoms. The summed E-state index contributed by atoms with van der Waals surface area (Å²) in [5.41, 5.74) is 1.40. The lowest BCUT2D eigenvalue weighted by atomic mass is 10.0. The van der Waals surface area contributed by atoms with Crippen LogP contribution in [0.4, 0.5) is 4.39 Å². The van der Waals surface area contributed by atoms with Crippen molar-refractivity contribution >= 4 is 11.8 Å². The van der Waals surface area contributed by atoms with E-state index in [0.29, 0.717) is 25.3 Å². The van der Waals surface area contributed by atoms with Gasteiger partial charge in [-0.1, -0.05) is 12.1 Å². The Morgan fingerprint density at radius 1 is 1.07 bits per heavy atom. The second-order valence-electron chi connectivity index (χ2n) is 6.89. The topological polar surface area (TPSA) is 58.6 Å². The first-order valence-corrected chi connectivity index (χ1v) is 9.61. The normalized spacial score (nSPS) is 14.6. The third kappa shape index (κ3) is 5.31. The summed E-state index contributed by atoms with van der Waals surface area (Å²) in [7, 11) is 0. The van der Waals surface area contributed by atoms with Crippen molar-refractivity contribution in [2.75, 3.05) is 19.7 Å². The van der Waals surface area contributed by atoms with Crippen LogP contribution in [0.5, 0.6) is 5.75 Å². The van der Waals surface area contributed by atoms with E-state index in [1.807, 2.05) is 11.8 Å². The number of hydrogen-bond acceptors (Lipinski definition) is 3. The zero-order valence-corrected chi connectivity index (χ0v) is 16.0. The number of carbonyl (C=O) groups excluding carboxylic acids is 2. The van der Waals surface area contributed by atoms with Crippen LogP contribution >= 0.6 is 0 Å². The zero-order chi connectivity index (χ0) is 19.9. The Morgan fingerprint density at radius 2 is 1.71 bits per heavy atom. The summed E-state index contributed by atoms with van der Waals surface area (Å²) in [6.07, 6.45) is 1.71. The molecule has 1 N–H and O–H groups in total. The number of amides is 2. The number of piperidine rings is 1. The van der Waals surface area contributed by atoms with Crippen LogP contribution in [0.25, 0.3) is 0 Å². The van der Waals surface area contributed by atoms with E-state index < -0.39 is 0 Å². The number of likely N-dealkylation sites (tertiary alicyclic amines) is 1. The maximum absolute atomic E-state index is 13.0. The molecule has 0 radical (unpaired) electrons. The molecule has 2 aromatic rings. The molecular weight excluding hydrogens is 359 g/mol. The van der Waals surface area contributed by atoms with Gasteiger partial charge in [-0.25, -0.2) is 4.39 Å². The van der Waals surface area contributed by atoms with Crippen molar-refractivity contribution in [3.8, 4) is 5.75 Å². The Kier molecular flexibility index (Phi) is 6.63. The van der Waals surface area contributed by atoms with Crippen LogP contribution in [0.3, 0.4) is 0 Å². The molecule has 1 fully saturated rings. The molecule has 0 saturated carbocycles. The lowest BCUT2D eigenvalue weighted by molar-refractivity contribution is -0.131. The van der Waals surface area contributed by atoms with E-state index in [9.17, 15) is 14.0 Å². The van der Waals surface area contributed by atoms with Crippen molar-refractivity contribution in [1.82, 2.24) is 10.2 Å². The molecule has 1 heterocycles. The Balaban J connectivity index is 1.46. The average Bonchev–Trinajstić information content (AvgIpc) is 2.71. The van der Waals surface area contributed by atoms with Crippen LogP contribution in [-0.4, -0.2) is 42.5 Å². The molecule has 2 amide bonds. The van der Waals surface area contributed by atoms with Gasteiger partial charge in [0.05, 0.1) is 13.0 Å². The monoisotopic (exact) mass is 384 g/mol. The molecule has 6 heteroatoms. The quantitative estimate of drug-likeness (QED) is 0.832. The Labute approximate surface area is 164 Å². The van der Waals surface area contributed by atoms with E-state index in [0.717, 1.165) is 24.2 Å². The number of nitrogens with zero attached hydrogens (tertiary/aromatic N) is 1. The molecule has 0 unspecified atom stereocenters. The molecule has 1 aliphatic rings. The van der Waals surface area contributed by atoms with Gasteiger partial charge in [0.15, 0.2) is 0 Å². The summed E-state index contributed by atoms with van der Waals surface area (Å²) in [5, 5.41) is 3.04. The first kappa shape index (κ1) is 19.9. The van der Waals surface area contributed by atoms with Crippen LogP contribution in [0.15, 0.2) is 48.5 Å². The molecular formula is C22H25FN2O3. The Bertz CT molecular complexity index is 798. The predicted molar refractivity (Wildman–Crippen MR) is 105 cm³/mol. The fourth-order valence-corrected chi connectivity index (χ4v) is 3.30. The number of carbonyl (C=O) groups is 2. The highest BCUT2D eigenvalue weighted by Gasteiger charge is 2.24. The second kappa shape index (κ2) is 9.35. The molecule has 3 rings (SSSR count). The zero-order valence-electron chi connectivity index (χ0n) is 16.0. The first-order valence-electron chi connectivity index (χ1n) is 9.61. The van der Waals surface area contributed by atoms with Crippen molar-refractivity contribution in [2.45, 2.75) is 32.2 Å². The van der Waals surface area contributed by atoms with E-state index in [-0.39, 0.29) is 30.1 Å². The summed E-state index contributed by atoms with van der Waals surface area (Å²) in [6, 6.07) is 13.1. The maximum Gasteiger partial charge on any atom is 0.251 e. The Hall–Kier alpha value is -2.89. The van der Waals surface area contributed by atoms with E-state index in [1.165, 1.54) is 12.1 Å². The van der Waals surface area contributed by atoms with Crippen LogP contribution in [-0.2, 0) is 11.2 Å². The molecule has 0 aliphatic carbocycles. The highest BCUT2D eigenvalue weighted by Crippen LogP contribution is 2.15. The van der Waals surface area contributed by atoms with Crippen molar-refractivity contribution in [3.63, 3.8) is 0 Å². The molecule has 2 aromatic carbocycles. The summed E-state index contributed by atoms with van der Waals surface area (Å²) < 4.78 is 18.4. The SMILES string of the molecule is CCOc1ccc(C(=O)NC2CCN(C(=O)Cc3ccc(F)cc3)CC2)cc1. The lowest BCUT2D eigenvalue weighted by Gasteiger charge is -2.32. The minimum absolute atomic E-state index is 0.0305. The number of rotatable bonds is 6. The van der Waals surface area contributed by atoms with Gasteiger partial charge in [-0.3, -0.25) is 9.59 Å². The largest absolute Gasteiger partial charge is 0.494 e. The second-order valence-corrected chi connectivity index (χ2v) is 6.89. The van der Waals surface area contributed by atoms with Crippen LogP contribution in [0, 0.1) is 5.82 Å². The van der Waals surface area contributed by atoms with Crippen LogP contribution in [0.2, 0.25) is 0 Å². The summed E-state index contributed by atoms with van der Waals surface area (Å²) in [4.78, 5) is 26.6. The third-order valence-electron chi connectivity index (χ3n) is 4.88. The van der Waals surface area contributed by atoms with E-state index in [4.69, 9.17) is 4.74 Å². The third-order valence-corrected chi connectivity index (χ3v) is 4.88. The van der Waals surface area contributed by atoms with Gasteiger partial charge < -0.3 is 15.0 Å². The number of benzene rings is 2. The highest BCUT2D eigenvalue weighted by atomic mass is 19.1. The molecule has 0 aromatic heterocycles. The molecule has 0 bridgehead atoms. The van der Waals surface area contributed by atoms with Crippen molar-refractivity contribution < 1.29 is 18.7 Å². The van der Waals surface area contributed by atoms with E-state index in [1.54, 1.807) is 36.4 Å². The lowest BCUT2D eigenvalue weighted by Crippen LogP contribution is -2.46. The van der Waals surface area contributed by atoms with Crippen LogP contribution in [0.1, 0.15) is 35.7 Å². The molecule has 1 aliphatic heterocycles. The van der Waals surface area contributed by atoms with Gasteiger partial charge in [-0.15, -0.1) is 0 Å². The molecule has 0 spiro atoms. The van der Waals surface area contributed by atoms with Crippen molar-refractivity contribution in [2.24, 2.45) is 0 Å². The first-order chi connectivity index (χ1) is 13.5. The number of ether oxygens (including phenoxy) is 1. The molecule has 1 saturated heterocycles. The summed E-state index contributed by atoms with van der Waals surface area (Å²) in [5.74, 6) is 0.356. The molecule has 148 valence electrons. The number of halogens is 1. The van der Waals surface area contributed by atoms with Crippen LogP contribution < -0.4 is 10.1 Å². The molecule has 5 nitrogen and oxygen atoms in total. The van der Waals surface area contributed by atoms with Gasteiger partial charge in [-0.05, 0) is 61.7 Å². The Morgan fingerprint density at radius 3 is 2.32 bits per heavy atom. The number of nitrogens with one attached hydrogen (secondary N) is 1. The predicted octanol–water partition coefficient (Wildman–Crippen LogP) is 3.19. The maximum atomic E-state index is 13.0. The summed E-state index contributed by atoms with van der Waals surface area (Å²) >= 11 is 0. The summed E-state index contributed by atoms with van der Waals surface area (Å²) in [6.45, 7) is 3.71. The smallest absolute Gasteiger partial charge is 0.251 e. The van der Waals surface area contributed by atoms with Gasteiger partial charge >= 0.3 is 0 Å². The highest BCUT2D eigenvalue weighted by molar-refractivity contribution is 5.94. The minimum atomic E-state index is -0.305. The van der Waals surface area contributed by atoms with Gasteiger partial charge in [0.25, 0.3) is 5.91 Å². The minimum Gasteiger partial charge on any atom is -0.494 e. The van der Waals surface area contributed by atoms with E-state index in [2.05, 4.69) is 5.32 Å². The van der Waals surface area contributed by atoms with Crippen molar-refractivity contribution in [3.05, 3.63) is 65.5 Å². The van der Waals surface area contributed by atoms with Gasteiger partial charge in [0.2, 0.25) is 5.91 Å². The number of hydrogen-bond donors (Lipinski definition) is 1. The standard InChI is InChI=1S/C22H25FN2O3/c1-2-28-20-9-5-17(6-10-20)22(27)24-19-11-13-25(14-12-19)21(26)15-16-3-7-18(23)8-4-16/h3-10,19H,2,11-15H2,1H3,(H,24,27). The van der Waals surface area contributed by atoms with E-state index >= 15 is 0 Å². The van der Waals surface area contributed by atoms with Gasteiger partial charge in [-0.2, -0.15) is 0 Å². The fraction of sp³-hybridized carbons (Fsp3) is 0.364. The molecule has 0 atom stereocenters. The average molecular weight is 384 g/mol. The van der Waals surface area contributed by atoms with Crippen molar-refractivity contribution in [1.29, 1.82) is 0 Å². The fourth-order valence-electron chi connectivity index (χ4n) is 3.30.